The first kappa shape index (κ1) is 14.5. The number of nitrogens with two attached hydrogens (primary N) is 1. The highest BCUT2D eigenvalue weighted by atomic mass is 35.5. The van der Waals surface area contributed by atoms with Crippen molar-refractivity contribution in [2.75, 3.05) is 19.6 Å². The molecule has 1 saturated heterocycles. The fourth-order valence-corrected chi connectivity index (χ4v) is 2.29. The molecule has 1 heterocycles. The summed E-state index contributed by atoms with van der Waals surface area (Å²) in [7, 11) is 0. The number of hydrogen-bond acceptors (Lipinski definition) is 2. The van der Waals surface area contributed by atoms with E-state index in [0.717, 1.165) is 32.4 Å². The molecule has 2 rings (SSSR count). The van der Waals surface area contributed by atoms with Gasteiger partial charge in [0.1, 0.15) is 0 Å². The molecule has 1 fully saturated rings. The van der Waals surface area contributed by atoms with Crippen LogP contribution >= 0.6 is 12.4 Å². The van der Waals surface area contributed by atoms with E-state index in [4.69, 9.17) is 5.73 Å². The van der Waals surface area contributed by atoms with Crippen molar-refractivity contribution in [3.63, 3.8) is 0 Å². The van der Waals surface area contributed by atoms with Crippen LogP contribution in [0.5, 0.6) is 0 Å². The summed E-state index contributed by atoms with van der Waals surface area (Å²) < 4.78 is 0. The zero-order chi connectivity index (χ0) is 11.4. The van der Waals surface area contributed by atoms with Crippen LogP contribution in [0.4, 0.5) is 0 Å². The fourth-order valence-electron chi connectivity index (χ4n) is 2.29. The van der Waals surface area contributed by atoms with Crippen molar-refractivity contribution < 1.29 is 0 Å². The molecule has 96 valence electrons. The van der Waals surface area contributed by atoms with Crippen LogP contribution in [0.1, 0.15) is 24.5 Å². The van der Waals surface area contributed by atoms with Gasteiger partial charge in [-0.15, -0.1) is 12.4 Å². The molecule has 0 spiro atoms. The Morgan fingerprint density at radius 2 is 1.88 bits per heavy atom. The normalized spacial score (nSPS) is 20.2. The van der Waals surface area contributed by atoms with Gasteiger partial charge in [0, 0.05) is 19.1 Å². The molecular formula is C14H23ClN2. The van der Waals surface area contributed by atoms with Crippen molar-refractivity contribution in [3.05, 3.63) is 35.4 Å². The Bertz CT molecular complexity index is 323. The predicted molar refractivity (Wildman–Crippen MR) is 75.8 cm³/mol. The second-order valence-electron chi connectivity index (χ2n) is 4.77. The van der Waals surface area contributed by atoms with Gasteiger partial charge in [-0.25, -0.2) is 0 Å². The minimum atomic E-state index is 0. The molecule has 1 unspecified atom stereocenters. The lowest BCUT2D eigenvalue weighted by Crippen LogP contribution is -2.28. The van der Waals surface area contributed by atoms with E-state index in [1.54, 1.807) is 0 Å². The molecule has 1 aromatic carbocycles. The number of benzene rings is 1. The molecular weight excluding hydrogens is 232 g/mol. The molecule has 0 amide bonds. The van der Waals surface area contributed by atoms with Gasteiger partial charge in [-0.3, -0.25) is 0 Å². The number of halogens is 1. The van der Waals surface area contributed by atoms with Crippen molar-refractivity contribution in [2.45, 2.75) is 32.2 Å². The Balaban J connectivity index is 0.00000144. The minimum absolute atomic E-state index is 0. The zero-order valence-electron chi connectivity index (χ0n) is 10.6. The molecule has 1 aliphatic heterocycles. The lowest BCUT2D eigenvalue weighted by molar-refractivity contribution is 0.339. The highest BCUT2D eigenvalue weighted by Gasteiger charge is 2.17. The van der Waals surface area contributed by atoms with E-state index in [2.05, 4.69) is 36.1 Å². The van der Waals surface area contributed by atoms with Crippen LogP contribution in [0, 0.1) is 0 Å². The molecule has 0 bridgehead atoms. The van der Waals surface area contributed by atoms with Gasteiger partial charge in [0.25, 0.3) is 0 Å². The monoisotopic (exact) mass is 254 g/mol. The Morgan fingerprint density at radius 1 is 1.24 bits per heavy atom. The van der Waals surface area contributed by atoms with Crippen molar-refractivity contribution >= 4 is 12.4 Å². The maximum absolute atomic E-state index is 5.89. The van der Waals surface area contributed by atoms with Crippen LogP contribution in [0.2, 0.25) is 0 Å². The van der Waals surface area contributed by atoms with E-state index in [-0.39, 0.29) is 12.4 Å². The summed E-state index contributed by atoms with van der Waals surface area (Å²) in [4.78, 5) is 2.47. The second-order valence-corrected chi connectivity index (χ2v) is 4.77. The minimum Gasteiger partial charge on any atom is -0.326 e. The van der Waals surface area contributed by atoms with Crippen molar-refractivity contribution in [1.29, 1.82) is 0 Å². The number of aryl methyl sites for hydroxylation is 1. The van der Waals surface area contributed by atoms with Gasteiger partial charge < -0.3 is 10.6 Å². The zero-order valence-corrected chi connectivity index (χ0v) is 11.4. The van der Waals surface area contributed by atoms with Crippen LogP contribution in [-0.2, 0) is 12.8 Å². The molecule has 17 heavy (non-hydrogen) atoms. The molecule has 3 heteroatoms. The van der Waals surface area contributed by atoms with Gasteiger partial charge in [0.15, 0.2) is 0 Å². The summed E-state index contributed by atoms with van der Waals surface area (Å²) in [5.41, 5.74) is 8.76. The third kappa shape index (κ3) is 4.30. The van der Waals surface area contributed by atoms with E-state index in [1.165, 1.54) is 17.7 Å². The molecule has 0 radical (unpaired) electrons. The molecule has 2 nitrogen and oxygen atoms in total. The van der Waals surface area contributed by atoms with E-state index in [1.807, 2.05) is 0 Å². The fraction of sp³-hybridized carbons (Fsp3) is 0.571. The third-order valence-corrected chi connectivity index (χ3v) is 3.46. The molecule has 2 N–H and O–H groups in total. The molecule has 1 aromatic rings. The topological polar surface area (TPSA) is 29.3 Å². The number of hydrogen-bond donors (Lipinski definition) is 1. The van der Waals surface area contributed by atoms with Crippen molar-refractivity contribution in [1.82, 2.24) is 4.90 Å². The SMILES string of the molecule is CCc1ccc(CCN2CCC(N)C2)cc1.Cl. The van der Waals surface area contributed by atoms with E-state index in [9.17, 15) is 0 Å². The van der Waals surface area contributed by atoms with Gasteiger partial charge >= 0.3 is 0 Å². The Labute approximate surface area is 111 Å². The molecule has 0 aliphatic carbocycles. The Morgan fingerprint density at radius 3 is 2.41 bits per heavy atom. The summed E-state index contributed by atoms with van der Waals surface area (Å²) in [6.07, 6.45) is 3.44. The molecule has 1 atom stereocenters. The third-order valence-electron chi connectivity index (χ3n) is 3.46. The maximum atomic E-state index is 5.89. The van der Waals surface area contributed by atoms with Crippen LogP contribution in [0.25, 0.3) is 0 Å². The summed E-state index contributed by atoms with van der Waals surface area (Å²) in [6, 6.07) is 9.40. The average Bonchev–Trinajstić information content (AvgIpc) is 2.73. The van der Waals surface area contributed by atoms with E-state index < -0.39 is 0 Å². The highest BCUT2D eigenvalue weighted by molar-refractivity contribution is 5.85. The second kappa shape index (κ2) is 7.00. The summed E-state index contributed by atoms with van der Waals surface area (Å²) >= 11 is 0. The van der Waals surface area contributed by atoms with Crippen LogP contribution in [0.3, 0.4) is 0 Å². The van der Waals surface area contributed by atoms with Crippen LogP contribution < -0.4 is 5.73 Å². The number of likely N-dealkylation sites (tertiary alicyclic amines) is 1. The largest absolute Gasteiger partial charge is 0.326 e. The lowest BCUT2D eigenvalue weighted by atomic mass is 10.1. The van der Waals surface area contributed by atoms with Gasteiger partial charge in [-0.05, 0) is 36.9 Å². The summed E-state index contributed by atoms with van der Waals surface area (Å²) in [5, 5.41) is 0. The predicted octanol–water partition coefficient (Wildman–Crippen LogP) is 2.25. The Kier molecular flexibility index (Phi) is 5.96. The van der Waals surface area contributed by atoms with Crippen LogP contribution in [0.15, 0.2) is 24.3 Å². The first-order chi connectivity index (χ1) is 7.78. The van der Waals surface area contributed by atoms with Crippen molar-refractivity contribution in [3.8, 4) is 0 Å². The first-order valence-corrected chi connectivity index (χ1v) is 6.33. The van der Waals surface area contributed by atoms with Gasteiger partial charge in [0.2, 0.25) is 0 Å². The molecule has 0 aromatic heterocycles. The molecule has 0 saturated carbocycles. The number of nitrogens with zero attached hydrogens (tertiary/aromatic N) is 1. The van der Waals surface area contributed by atoms with Crippen LogP contribution in [-0.4, -0.2) is 30.6 Å². The quantitative estimate of drug-likeness (QED) is 0.893. The maximum Gasteiger partial charge on any atom is 0.0180 e. The molecule has 1 aliphatic rings. The standard InChI is InChI=1S/C14H22N2.ClH/c1-2-12-3-5-13(6-4-12)7-9-16-10-8-14(15)11-16;/h3-6,14H,2,7-11,15H2,1H3;1H. The first-order valence-electron chi connectivity index (χ1n) is 6.33. The summed E-state index contributed by atoms with van der Waals surface area (Å²) in [6.45, 7) is 5.60. The summed E-state index contributed by atoms with van der Waals surface area (Å²) in [5.74, 6) is 0. The highest BCUT2D eigenvalue weighted by Crippen LogP contribution is 2.10. The lowest BCUT2D eigenvalue weighted by Gasteiger charge is -2.14. The van der Waals surface area contributed by atoms with Crippen molar-refractivity contribution in [2.24, 2.45) is 5.73 Å². The van der Waals surface area contributed by atoms with E-state index in [0.29, 0.717) is 6.04 Å². The number of rotatable bonds is 4. The smallest absolute Gasteiger partial charge is 0.0180 e. The Hall–Kier alpha value is -0.570. The average molecular weight is 255 g/mol. The van der Waals surface area contributed by atoms with E-state index >= 15 is 0 Å². The van der Waals surface area contributed by atoms with Gasteiger partial charge in [-0.1, -0.05) is 31.2 Å². The van der Waals surface area contributed by atoms with Gasteiger partial charge in [0.05, 0.1) is 0 Å². The van der Waals surface area contributed by atoms with Gasteiger partial charge in [-0.2, -0.15) is 0 Å².